The van der Waals surface area contributed by atoms with E-state index in [1.807, 2.05) is 30.3 Å². The van der Waals surface area contributed by atoms with Crippen LogP contribution in [0.1, 0.15) is 37.4 Å². The second-order valence-corrected chi connectivity index (χ2v) is 8.75. The van der Waals surface area contributed by atoms with Gasteiger partial charge in [0.25, 0.3) is 0 Å². The Morgan fingerprint density at radius 1 is 1.26 bits per heavy atom. The zero-order valence-corrected chi connectivity index (χ0v) is 17.1. The zero-order valence-electron chi connectivity index (χ0n) is 17.1. The summed E-state index contributed by atoms with van der Waals surface area (Å²) in [5.74, 6) is -1.57. The number of ketones is 1. The van der Waals surface area contributed by atoms with Crippen molar-refractivity contribution in [1.29, 1.82) is 0 Å². The Balaban J connectivity index is 1.51. The van der Waals surface area contributed by atoms with E-state index < -0.39 is 17.5 Å². The quantitative estimate of drug-likeness (QED) is 0.715. The Bertz CT molecular complexity index is 1250. The minimum absolute atomic E-state index is 0.0673. The highest BCUT2D eigenvalue weighted by Crippen LogP contribution is 2.48. The fourth-order valence-electron chi connectivity index (χ4n) is 5.00. The summed E-state index contributed by atoms with van der Waals surface area (Å²) in [4.78, 5) is 43.8. The van der Waals surface area contributed by atoms with Gasteiger partial charge in [0.15, 0.2) is 5.78 Å². The number of cyclic esters (lactones) is 1. The Morgan fingerprint density at radius 2 is 2.06 bits per heavy atom. The van der Waals surface area contributed by atoms with Crippen LogP contribution in [0.15, 0.2) is 47.6 Å². The van der Waals surface area contributed by atoms with Gasteiger partial charge in [-0.3, -0.25) is 9.59 Å². The van der Waals surface area contributed by atoms with Crippen LogP contribution < -0.4 is 0 Å². The molecule has 6 heteroatoms. The van der Waals surface area contributed by atoms with Crippen LogP contribution in [-0.2, 0) is 30.3 Å². The number of allylic oxidation sites excluding steroid dienone is 1. The molecule has 3 aliphatic carbocycles. The molecule has 2 aromatic rings. The molecule has 1 aromatic carbocycles. The van der Waals surface area contributed by atoms with Crippen molar-refractivity contribution in [3.63, 3.8) is 0 Å². The zero-order chi connectivity index (χ0) is 21.3. The predicted molar refractivity (Wildman–Crippen MR) is 112 cm³/mol. The molecule has 1 unspecified atom stereocenters. The standard InChI is InChI=1S/C25H21NO5/c1-2-25(31-23(28)13-7-8-13)19-11-16-17(22(27)18(19)12-30-24(25)29)10-15-9-14-5-3-4-6-20(14)26-21(15)16/h3-6,9,11,13,17H,2,7-8,10,12H2,1H3/t17?,25-/m0/s1. The van der Waals surface area contributed by atoms with Crippen LogP contribution in [0.2, 0.25) is 0 Å². The van der Waals surface area contributed by atoms with Crippen molar-refractivity contribution >= 4 is 34.2 Å². The molecule has 4 aliphatic rings. The lowest BCUT2D eigenvalue weighted by Gasteiger charge is -2.38. The van der Waals surface area contributed by atoms with E-state index >= 15 is 0 Å². The average molecular weight is 415 g/mol. The molecule has 0 radical (unpaired) electrons. The van der Waals surface area contributed by atoms with Gasteiger partial charge >= 0.3 is 11.9 Å². The van der Waals surface area contributed by atoms with Crippen molar-refractivity contribution in [2.24, 2.45) is 11.8 Å². The number of carbonyl (C=O) groups is 3. The minimum atomic E-state index is -1.57. The molecule has 6 nitrogen and oxygen atoms in total. The fraction of sp³-hybridized carbons (Fsp3) is 0.360. The van der Waals surface area contributed by atoms with Crippen molar-refractivity contribution in [2.75, 3.05) is 6.61 Å². The highest BCUT2D eigenvalue weighted by molar-refractivity contribution is 6.12. The number of nitrogens with zero attached hydrogens (tertiary/aromatic N) is 1. The summed E-state index contributed by atoms with van der Waals surface area (Å²) < 4.78 is 11.2. The molecule has 156 valence electrons. The van der Waals surface area contributed by atoms with Crippen molar-refractivity contribution in [3.8, 4) is 0 Å². The first-order valence-corrected chi connectivity index (χ1v) is 10.8. The van der Waals surface area contributed by atoms with E-state index in [0.29, 0.717) is 17.6 Å². The third kappa shape index (κ3) is 2.57. The topological polar surface area (TPSA) is 82.6 Å². The van der Waals surface area contributed by atoms with Gasteiger partial charge in [-0.1, -0.05) is 25.1 Å². The Morgan fingerprint density at radius 3 is 2.84 bits per heavy atom. The normalized spacial score (nSPS) is 26.7. The Kier molecular flexibility index (Phi) is 3.79. The lowest BCUT2D eigenvalue weighted by molar-refractivity contribution is -0.180. The average Bonchev–Trinajstić information content (AvgIpc) is 3.57. The molecule has 2 heterocycles. The Hall–Kier alpha value is -3.28. The third-order valence-corrected chi connectivity index (χ3v) is 6.91. The maximum atomic E-state index is 13.5. The van der Waals surface area contributed by atoms with Gasteiger partial charge in [0, 0.05) is 16.5 Å². The Labute approximate surface area is 178 Å². The minimum Gasteiger partial charge on any atom is -0.457 e. The summed E-state index contributed by atoms with van der Waals surface area (Å²) >= 11 is 0. The molecule has 1 fully saturated rings. The number of ether oxygens (including phenoxy) is 2. The van der Waals surface area contributed by atoms with Crippen LogP contribution >= 0.6 is 0 Å². The van der Waals surface area contributed by atoms with Gasteiger partial charge in [-0.15, -0.1) is 0 Å². The van der Waals surface area contributed by atoms with Crippen LogP contribution in [0.5, 0.6) is 0 Å². The number of esters is 2. The van der Waals surface area contributed by atoms with E-state index in [0.717, 1.165) is 40.6 Å². The lowest BCUT2D eigenvalue weighted by Crippen LogP contribution is -2.51. The number of pyridine rings is 1. The summed E-state index contributed by atoms with van der Waals surface area (Å²) in [6.45, 7) is 1.70. The molecule has 0 spiro atoms. The first-order chi connectivity index (χ1) is 15.0. The largest absolute Gasteiger partial charge is 0.457 e. The summed E-state index contributed by atoms with van der Waals surface area (Å²) in [6.07, 6.45) is 4.20. The van der Waals surface area contributed by atoms with Gasteiger partial charge in [-0.2, -0.15) is 0 Å². The number of rotatable bonds is 3. The number of carbonyl (C=O) groups excluding carboxylic acids is 3. The van der Waals surface area contributed by atoms with Crippen LogP contribution in [-0.4, -0.2) is 34.9 Å². The van der Waals surface area contributed by atoms with E-state index in [-0.39, 0.29) is 30.6 Å². The van der Waals surface area contributed by atoms with Gasteiger partial charge in [0.05, 0.1) is 23.0 Å². The number of hydrogen-bond acceptors (Lipinski definition) is 6. The molecule has 0 N–H and O–H groups in total. The summed E-state index contributed by atoms with van der Waals surface area (Å²) in [5.41, 5.74) is 2.82. The van der Waals surface area contributed by atoms with Gasteiger partial charge in [-0.05, 0) is 55.0 Å². The molecule has 1 aliphatic heterocycles. The molecule has 2 atom stereocenters. The summed E-state index contributed by atoms with van der Waals surface area (Å²) in [6, 6.07) is 9.95. The van der Waals surface area contributed by atoms with Gasteiger partial charge in [0.2, 0.25) is 5.60 Å². The highest BCUT2D eigenvalue weighted by Gasteiger charge is 2.54. The number of para-hydroxylation sites is 1. The van der Waals surface area contributed by atoms with Crippen molar-refractivity contribution < 1.29 is 23.9 Å². The first-order valence-electron chi connectivity index (χ1n) is 10.8. The van der Waals surface area contributed by atoms with Crippen molar-refractivity contribution in [1.82, 2.24) is 4.98 Å². The van der Waals surface area contributed by atoms with E-state index in [1.54, 1.807) is 6.92 Å². The summed E-state index contributed by atoms with van der Waals surface area (Å²) in [7, 11) is 0. The third-order valence-electron chi connectivity index (χ3n) is 6.91. The smallest absolute Gasteiger partial charge is 0.355 e. The molecular weight excluding hydrogens is 394 g/mol. The SMILES string of the molecule is CC[C@@]1(OC(=O)C2CC2)C(=O)OCC2=C1C=C1c3nc4ccccc4cc3CC1C2=O. The first kappa shape index (κ1) is 18.5. The number of hydrogen-bond donors (Lipinski definition) is 0. The molecule has 0 amide bonds. The van der Waals surface area contributed by atoms with E-state index in [9.17, 15) is 14.4 Å². The molecule has 0 bridgehead atoms. The molecular formula is C25H21NO5. The van der Waals surface area contributed by atoms with E-state index in [1.165, 1.54) is 0 Å². The highest BCUT2D eigenvalue weighted by atomic mass is 16.6. The van der Waals surface area contributed by atoms with Gasteiger partial charge in [-0.25, -0.2) is 9.78 Å². The predicted octanol–water partition coefficient (Wildman–Crippen LogP) is 3.33. The summed E-state index contributed by atoms with van der Waals surface area (Å²) in [5, 5.41) is 1.03. The fourth-order valence-corrected chi connectivity index (χ4v) is 5.00. The van der Waals surface area contributed by atoms with Gasteiger partial charge < -0.3 is 9.47 Å². The maximum Gasteiger partial charge on any atom is 0.355 e. The number of fused-ring (bicyclic) bond motifs is 4. The maximum absolute atomic E-state index is 13.5. The van der Waals surface area contributed by atoms with Crippen LogP contribution in [0, 0.1) is 11.8 Å². The molecule has 0 saturated heterocycles. The van der Waals surface area contributed by atoms with E-state index in [4.69, 9.17) is 14.5 Å². The second-order valence-electron chi connectivity index (χ2n) is 8.75. The number of Topliss-reactive ketones (excluding diaryl/α,β-unsaturated/α-hetero) is 1. The molecule has 6 rings (SSSR count). The van der Waals surface area contributed by atoms with Crippen LogP contribution in [0.4, 0.5) is 0 Å². The number of benzene rings is 1. The van der Waals surface area contributed by atoms with Crippen LogP contribution in [0.25, 0.3) is 16.5 Å². The van der Waals surface area contributed by atoms with Crippen molar-refractivity contribution in [3.05, 3.63) is 58.8 Å². The number of aromatic nitrogens is 1. The molecule has 31 heavy (non-hydrogen) atoms. The second kappa shape index (κ2) is 6.36. The van der Waals surface area contributed by atoms with E-state index in [2.05, 4.69) is 6.07 Å². The van der Waals surface area contributed by atoms with Gasteiger partial charge in [0.1, 0.15) is 6.61 Å². The lowest BCUT2D eigenvalue weighted by atomic mass is 9.75. The van der Waals surface area contributed by atoms with Crippen LogP contribution in [0.3, 0.4) is 0 Å². The van der Waals surface area contributed by atoms with Crippen molar-refractivity contribution in [2.45, 2.75) is 38.2 Å². The molecule has 1 saturated carbocycles. The molecule has 1 aromatic heterocycles. The monoisotopic (exact) mass is 415 g/mol.